The third-order valence-corrected chi connectivity index (χ3v) is 13.2. The van der Waals surface area contributed by atoms with Crippen LogP contribution < -0.4 is 21.9 Å². The molecule has 3 nitrogen and oxygen atoms in total. The van der Waals surface area contributed by atoms with Crippen LogP contribution in [0.2, 0.25) is 0 Å². The first kappa shape index (κ1) is 58.4. The van der Waals surface area contributed by atoms with Crippen LogP contribution in [0.1, 0.15) is 58.4 Å². The van der Waals surface area contributed by atoms with Crippen molar-refractivity contribution in [2.45, 2.75) is 63.3 Å². The second kappa shape index (κ2) is 19.7. The second-order valence-electron chi connectivity index (χ2n) is 14.8. The average molecular weight is 1060 g/mol. The quantitative estimate of drug-likeness (QED) is 0.0764. The maximum absolute atomic E-state index is 14.2. The first-order valence-electron chi connectivity index (χ1n) is 18.7. The number of alkyl halides is 24. The molecule has 4 rings (SSSR count). The second-order valence-corrected chi connectivity index (χ2v) is 18.2. The summed E-state index contributed by atoms with van der Waals surface area (Å²) in [4.78, 5) is 0. The van der Waals surface area contributed by atoms with Crippen LogP contribution in [0, 0.1) is 22.7 Å². The molecule has 0 aliphatic heterocycles. The largest absolute Gasteiger partial charge is 0.416 e. The van der Waals surface area contributed by atoms with Gasteiger partial charge in [-0.05, 0) is 44.2 Å². The maximum Gasteiger partial charge on any atom is 0.416 e. The van der Waals surface area contributed by atoms with Crippen molar-refractivity contribution in [3.05, 3.63) is 129 Å². The van der Waals surface area contributed by atoms with Crippen molar-refractivity contribution in [2.75, 3.05) is 17.3 Å². The molecule has 4 aromatic rings. The molecule has 0 aromatic heterocycles. The Balaban J connectivity index is 0.000000869. The minimum Gasteiger partial charge on any atom is -0.194 e. The molecule has 0 bridgehead atoms. The Morgan fingerprint density at radius 3 is 0.700 bits per heavy atom. The van der Waals surface area contributed by atoms with Gasteiger partial charge in [-0.15, -0.1) is 4.21 Å². The SMILES string of the molecule is CC[S+](=O)(CC)CC=C(C#N)C#N.FC(F)(F)c1cc([B-](c2cc(C(F)(F)F)cc(C(F)(F)F)c2)(c2cc(C(F)(F)F)cc(C(F)(F)F)c2)c2cc(C(F)(F)F)cc(C(F)(F)F)c2)cc(C(F)(F)F)c1. The highest BCUT2D eigenvalue weighted by Gasteiger charge is 2.47. The van der Waals surface area contributed by atoms with E-state index in [1.165, 1.54) is 6.08 Å². The van der Waals surface area contributed by atoms with Crippen molar-refractivity contribution in [2.24, 2.45) is 0 Å². The van der Waals surface area contributed by atoms with Crippen molar-refractivity contribution in [3.8, 4) is 12.1 Å². The summed E-state index contributed by atoms with van der Waals surface area (Å²) >= 11 is 0. The van der Waals surface area contributed by atoms with Gasteiger partial charge in [0.25, 0.3) is 0 Å². The fourth-order valence-electron chi connectivity index (χ4n) is 6.86. The van der Waals surface area contributed by atoms with Crippen LogP contribution in [0.25, 0.3) is 0 Å². The summed E-state index contributed by atoms with van der Waals surface area (Å²) in [7, 11) is -1.86. The van der Waals surface area contributed by atoms with Gasteiger partial charge in [0.05, 0.1) is 54.4 Å². The van der Waals surface area contributed by atoms with Gasteiger partial charge in [0.15, 0.2) is 0 Å². The van der Waals surface area contributed by atoms with Gasteiger partial charge in [-0.3, -0.25) is 0 Å². The molecular weight excluding hydrogens is 1040 g/mol. The number of nitrogens with zero attached hydrogens (tertiary/aromatic N) is 2. The lowest BCUT2D eigenvalue weighted by Gasteiger charge is -2.46. The van der Waals surface area contributed by atoms with E-state index in [-0.39, 0.29) is 5.57 Å². The molecule has 29 heteroatoms. The smallest absolute Gasteiger partial charge is 0.194 e. The van der Waals surface area contributed by atoms with Gasteiger partial charge in [-0.2, -0.15) is 138 Å². The van der Waals surface area contributed by atoms with Crippen LogP contribution in [0.5, 0.6) is 0 Å². The van der Waals surface area contributed by atoms with Gasteiger partial charge in [-0.25, -0.2) is 0 Å². The van der Waals surface area contributed by atoms with Gasteiger partial charge >= 0.3 is 49.4 Å². The summed E-state index contributed by atoms with van der Waals surface area (Å²) in [5.41, 5.74) is -30.2. The van der Waals surface area contributed by atoms with Crippen LogP contribution in [0.4, 0.5) is 105 Å². The average Bonchev–Trinajstić information content (AvgIpc) is 3.21. The Morgan fingerprint density at radius 1 is 0.400 bits per heavy atom. The molecular formula is C41H25BF24N2OS. The molecule has 0 saturated heterocycles. The fourth-order valence-corrected chi connectivity index (χ4v) is 8.21. The van der Waals surface area contributed by atoms with E-state index in [2.05, 4.69) is 0 Å². The summed E-state index contributed by atoms with van der Waals surface area (Å²) in [6.45, 7) is 3.72. The van der Waals surface area contributed by atoms with Gasteiger partial charge < -0.3 is 0 Å². The highest BCUT2D eigenvalue weighted by atomic mass is 32.2. The van der Waals surface area contributed by atoms with Crippen molar-refractivity contribution < 1.29 is 110 Å². The molecule has 70 heavy (non-hydrogen) atoms. The molecule has 0 unspecified atom stereocenters. The number of allylic oxidation sites excluding steroid dienone is 1. The standard InChI is InChI=1S/C32H12BF24.C9H13N2OS/c34-25(35,36)13-1-14(26(37,38)39)6-21(5-13)33(22-7-15(27(40,41)42)2-16(8-22)28(43,44)45,23-9-17(29(46,47)48)3-18(10-23)30(49,50)51)24-11-19(31(52,53)54)4-20(12-24)32(55,56)57;1-3-13(12,4-2)6-5-9(7-10)8-11/h1-12H;5H,3-4,6H2,1-2H3/q-1;+1. The minimum absolute atomic E-state index is 0.0506. The number of hydrogen-bond donors (Lipinski definition) is 0. The van der Waals surface area contributed by atoms with Gasteiger partial charge in [0.1, 0.15) is 41.1 Å². The van der Waals surface area contributed by atoms with Gasteiger partial charge in [0.2, 0.25) is 0 Å². The number of rotatable bonds is 8. The summed E-state index contributed by atoms with van der Waals surface area (Å²) in [5, 5.41) is 16.9. The molecule has 0 spiro atoms. The number of nitriles is 2. The molecule has 0 aliphatic carbocycles. The topological polar surface area (TPSA) is 64.7 Å². The van der Waals surface area contributed by atoms with Gasteiger partial charge in [0, 0.05) is 0 Å². The van der Waals surface area contributed by atoms with Crippen molar-refractivity contribution in [1.82, 2.24) is 0 Å². The lowest BCUT2D eigenvalue weighted by atomic mass is 9.12. The monoisotopic (exact) mass is 1060 g/mol. The van der Waals surface area contributed by atoms with E-state index in [9.17, 15) is 110 Å². The Bertz CT molecular complexity index is 2260. The lowest BCUT2D eigenvalue weighted by Crippen LogP contribution is -2.75. The third-order valence-electron chi connectivity index (χ3n) is 10.3. The predicted molar refractivity (Wildman–Crippen MR) is 203 cm³/mol. The Hall–Kier alpha value is -5.87. The fraction of sp³-hybridized carbons (Fsp3) is 0.317. The number of benzene rings is 4. The molecule has 4 aromatic carbocycles. The molecule has 0 fully saturated rings. The Morgan fingerprint density at radius 2 is 0.571 bits per heavy atom. The molecule has 0 amide bonds. The third kappa shape index (κ3) is 13.7. The highest BCUT2D eigenvalue weighted by Crippen LogP contribution is 2.41. The first-order chi connectivity index (χ1) is 31.4. The first-order valence-corrected chi connectivity index (χ1v) is 20.8. The molecule has 0 atom stereocenters. The minimum atomic E-state index is -6.13. The van der Waals surface area contributed by atoms with E-state index in [0.29, 0.717) is 17.3 Å². The van der Waals surface area contributed by atoms with Crippen molar-refractivity contribution in [3.63, 3.8) is 0 Å². The van der Waals surface area contributed by atoms with Crippen LogP contribution in [-0.2, 0) is 63.6 Å². The highest BCUT2D eigenvalue weighted by molar-refractivity contribution is 8.03. The Labute approximate surface area is 379 Å². The number of halogens is 24. The normalized spacial score (nSPS) is 13.5. The summed E-state index contributed by atoms with van der Waals surface area (Å²) in [6, 6.07) is -5.32. The van der Waals surface area contributed by atoms with Gasteiger partial charge in [-0.1, -0.05) is 48.5 Å². The maximum atomic E-state index is 14.2. The zero-order chi connectivity index (χ0) is 54.2. The van der Waals surface area contributed by atoms with E-state index in [0.717, 1.165) is 0 Å². The van der Waals surface area contributed by atoms with Crippen molar-refractivity contribution >= 4 is 37.9 Å². The molecule has 0 heterocycles. The number of hydrogen-bond acceptors (Lipinski definition) is 3. The van der Waals surface area contributed by atoms with Crippen LogP contribution in [0.15, 0.2) is 84.4 Å². The zero-order valence-electron chi connectivity index (χ0n) is 34.5. The summed E-state index contributed by atoms with van der Waals surface area (Å²) in [5.74, 6) is 1.55. The van der Waals surface area contributed by atoms with E-state index in [1.54, 1.807) is 12.1 Å². The molecule has 0 aliphatic rings. The van der Waals surface area contributed by atoms with Crippen LogP contribution >= 0.6 is 0 Å². The molecule has 0 radical (unpaired) electrons. The van der Waals surface area contributed by atoms with E-state index >= 15 is 0 Å². The summed E-state index contributed by atoms with van der Waals surface area (Å²) < 4.78 is 353. The molecule has 0 saturated carbocycles. The lowest BCUT2D eigenvalue weighted by molar-refractivity contribution is -0.144. The zero-order valence-corrected chi connectivity index (χ0v) is 35.3. The van der Waals surface area contributed by atoms with E-state index in [4.69, 9.17) is 10.5 Å². The van der Waals surface area contributed by atoms with E-state index in [1.807, 2.05) is 13.8 Å². The summed E-state index contributed by atoms with van der Waals surface area (Å²) in [6.07, 6.45) is -53.3. The molecule has 382 valence electrons. The van der Waals surface area contributed by atoms with Crippen LogP contribution in [0.3, 0.4) is 0 Å². The predicted octanol–water partition coefficient (Wildman–Crippen LogP) is 12.7. The Kier molecular flexibility index (Phi) is 16.5. The van der Waals surface area contributed by atoms with E-state index < -0.39 is 205 Å². The van der Waals surface area contributed by atoms with Crippen molar-refractivity contribution in [1.29, 1.82) is 10.5 Å². The molecule has 0 N–H and O–H groups in total. The van der Waals surface area contributed by atoms with Crippen LogP contribution in [-0.4, -0.2) is 23.4 Å².